The Morgan fingerprint density at radius 2 is 2.04 bits per heavy atom. The van der Waals surface area contributed by atoms with E-state index in [9.17, 15) is 9.59 Å². The number of carbonyl (C=O) groups excluding carboxylic acids is 2. The smallest absolute Gasteiger partial charge is 0.306 e. The lowest BCUT2D eigenvalue weighted by atomic mass is 10.3. The number of carbonyl (C=O) groups is 2. The molecule has 28 heavy (non-hydrogen) atoms. The van der Waals surface area contributed by atoms with Crippen molar-refractivity contribution >= 4 is 28.9 Å². The molecule has 0 fully saturated rings. The molecule has 0 atom stereocenters. The number of thiophene rings is 1. The van der Waals surface area contributed by atoms with Crippen LogP contribution in [0.3, 0.4) is 0 Å². The van der Waals surface area contributed by atoms with Gasteiger partial charge in [-0.15, -0.1) is 0 Å². The van der Waals surface area contributed by atoms with Crippen LogP contribution in [0.4, 0.5) is 5.69 Å². The van der Waals surface area contributed by atoms with Crippen molar-refractivity contribution in [2.24, 2.45) is 0 Å². The number of benzene rings is 1. The third-order valence-electron chi connectivity index (χ3n) is 3.60. The van der Waals surface area contributed by atoms with E-state index in [4.69, 9.17) is 14.0 Å². The van der Waals surface area contributed by atoms with Crippen molar-refractivity contribution in [2.75, 3.05) is 18.5 Å². The largest absolute Gasteiger partial charge is 0.494 e. The molecule has 1 amide bonds. The Morgan fingerprint density at radius 1 is 1.21 bits per heavy atom. The van der Waals surface area contributed by atoms with E-state index in [1.165, 1.54) is 11.3 Å². The van der Waals surface area contributed by atoms with E-state index in [0.717, 1.165) is 11.3 Å². The van der Waals surface area contributed by atoms with E-state index < -0.39 is 11.9 Å². The number of nitrogens with zero attached hydrogens (tertiary/aromatic N) is 2. The number of hydrogen-bond donors (Lipinski definition) is 1. The van der Waals surface area contributed by atoms with Gasteiger partial charge in [0, 0.05) is 23.1 Å². The normalized spacial score (nSPS) is 10.5. The van der Waals surface area contributed by atoms with E-state index in [-0.39, 0.29) is 19.4 Å². The Balaban J connectivity index is 1.38. The number of anilines is 1. The number of hydrogen-bond acceptors (Lipinski definition) is 8. The van der Waals surface area contributed by atoms with Gasteiger partial charge in [-0.3, -0.25) is 9.59 Å². The van der Waals surface area contributed by atoms with Gasteiger partial charge in [0.15, 0.2) is 6.61 Å². The van der Waals surface area contributed by atoms with E-state index >= 15 is 0 Å². The van der Waals surface area contributed by atoms with Gasteiger partial charge in [-0.25, -0.2) is 0 Å². The molecule has 0 saturated carbocycles. The maximum atomic E-state index is 11.9. The van der Waals surface area contributed by atoms with Gasteiger partial charge in [0.05, 0.1) is 13.0 Å². The van der Waals surface area contributed by atoms with Crippen molar-refractivity contribution in [3.8, 4) is 17.1 Å². The fourth-order valence-corrected chi connectivity index (χ4v) is 2.93. The van der Waals surface area contributed by atoms with Crippen LogP contribution in [0.25, 0.3) is 11.4 Å². The number of aromatic nitrogens is 2. The Hall–Kier alpha value is -3.20. The maximum Gasteiger partial charge on any atom is 0.306 e. The Morgan fingerprint density at radius 3 is 2.75 bits per heavy atom. The van der Waals surface area contributed by atoms with Gasteiger partial charge in [-0.2, -0.15) is 16.3 Å². The number of rotatable bonds is 9. The highest BCUT2D eigenvalue weighted by molar-refractivity contribution is 7.08. The summed E-state index contributed by atoms with van der Waals surface area (Å²) in [5.41, 5.74) is 1.46. The second-order valence-electron chi connectivity index (χ2n) is 5.69. The summed E-state index contributed by atoms with van der Waals surface area (Å²) in [4.78, 5) is 27.9. The molecule has 2 heterocycles. The van der Waals surface area contributed by atoms with Gasteiger partial charge < -0.3 is 19.3 Å². The molecular weight excluding hydrogens is 382 g/mol. The minimum absolute atomic E-state index is 0.0433. The van der Waals surface area contributed by atoms with Gasteiger partial charge >= 0.3 is 5.97 Å². The van der Waals surface area contributed by atoms with E-state index in [1.807, 2.05) is 23.8 Å². The number of nitrogens with one attached hydrogen (secondary N) is 1. The first-order valence-corrected chi connectivity index (χ1v) is 9.62. The topological polar surface area (TPSA) is 104 Å². The van der Waals surface area contributed by atoms with Crippen LogP contribution in [0.2, 0.25) is 0 Å². The van der Waals surface area contributed by atoms with Gasteiger partial charge in [0.1, 0.15) is 5.75 Å². The lowest BCUT2D eigenvalue weighted by Crippen LogP contribution is -2.21. The summed E-state index contributed by atoms with van der Waals surface area (Å²) in [6.45, 7) is 2.10. The molecule has 9 heteroatoms. The summed E-state index contributed by atoms with van der Waals surface area (Å²) in [6, 6.07) is 8.81. The average molecular weight is 401 g/mol. The summed E-state index contributed by atoms with van der Waals surface area (Å²) >= 11 is 1.53. The zero-order valence-electron chi connectivity index (χ0n) is 15.2. The van der Waals surface area contributed by atoms with E-state index in [0.29, 0.717) is 24.0 Å². The molecule has 0 aliphatic carbocycles. The van der Waals surface area contributed by atoms with E-state index in [2.05, 4.69) is 15.5 Å². The molecule has 0 aliphatic heterocycles. The predicted octanol–water partition coefficient (Wildman–Crippen LogP) is 3.31. The summed E-state index contributed by atoms with van der Waals surface area (Å²) in [5, 5.41) is 10.3. The fraction of sp³-hybridized carbons (Fsp3) is 0.263. The summed E-state index contributed by atoms with van der Waals surface area (Å²) in [5.74, 6) is 0.610. The van der Waals surface area contributed by atoms with Gasteiger partial charge in [-0.1, -0.05) is 5.16 Å². The number of esters is 1. The molecule has 0 bridgehead atoms. The molecule has 8 nitrogen and oxygen atoms in total. The van der Waals surface area contributed by atoms with Crippen LogP contribution >= 0.6 is 11.3 Å². The molecule has 0 saturated heterocycles. The number of ether oxygens (including phenoxy) is 2. The highest BCUT2D eigenvalue weighted by atomic mass is 32.1. The highest BCUT2D eigenvalue weighted by Crippen LogP contribution is 2.19. The van der Waals surface area contributed by atoms with Crippen molar-refractivity contribution in [1.29, 1.82) is 0 Å². The van der Waals surface area contributed by atoms with Crippen LogP contribution < -0.4 is 10.1 Å². The zero-order chi connectivity index (χ0) is 19.8. The van der Waals surface area contributed by atoms with Crippen molar-refractivity contribution in [3.63, 3.8) is 0 Å². The first-order valence-electron chi connectivity index (χ1n) is 8.67. The summed E-state index contributed by atoms with van der Waals surface area (Å²) in [7, 11) is 0. The van der Waals surface area contributed by atoms with Crippen molar-refractivity contribution in [2.45, 2.75) is 19.8 Å². The van der Waals surface area contributed by atoms with Gasteiger partial charge in [-0.05, 0) is 42.6 Å². The molecular formula is C19H19N3O5S. The first kappa shape index (κ1) is 19.6. The van der Waals surface area contributed by atoms with E-state index in [1.54, 1.807) is 24.3 Å². The molecule has 1 aromatic carbocycles. The van der Waals surface area contributed by atoms with Crippen molar-refractivity contribution in [3.05, 3.63) is 47.0 Å². The highest BCUT2D eigenvalue weighted by Gasteiger charge is 2.13. The quantitative estimate of drug-likeness (QED) is 0.549. The average Bonchev–Trinajstić information content (AvgIpc) is 3.38. The number of amides is 1. The predicted molar refractivity (Wildman–Crippen MR) is 103 cm³/mol. The third-order valence-corrected chi connectivity index (χ3v) is 4.29. The van der Waals surface area contributed by atoms with Gasteiger partial charge in [0.2, 0.25) is 11.7 Å². The molecule has 1 N–H and O–H groups in total. The lowest BCUT2D eigenvalue weighted by molar-refractivity contribution is -0.147. The van der Waals surface area contributed by atoms with Crippen LogP contribution in [0.5, 0.6) is 5.75 Å². The summed E-state index contributed by atoms with van der Waals surface area (Å²) in [6.07, 6.45) is 0.290. The molecule has 0 spiro atoms. The zero-order valence-corrected chi connectivity index (χ0v) is 16.0. The van der Waals surface area contributed by atoms with Crippen LogP contribution in [0.1, 0.15) is 19.2 Å². The van der Waals surface area contributed by atoms with Crippen LogP contribution in [0, 0.1) is 0 Å². The second-order valence-corrected chi connectivity index (χ2v) is 6.47. The number of aryl methyl sites for hydroxylation is 1. The van der Waals surface area contributed by atoms with Crippen LogP contribution in [0.15, 0.2) is 45.6 Å². The Kier molecular flexibility index (Phi) is 6.74. The molecule has 3 rings (SSSR count). The minimum atomic E-state index is -0.517. The molecule has 2 aromatic heterocycles. The van der Waals surface area contributed by atoms with Crippen molar-refractivity contribution < 1.29 is 23.6 Å². The Labute approximate surface area is 165 Å². The SMILES string of the molecule is CCOc1ccc(NC(=O)COC(=O)CCc2nc(-c3ccsc3)no2)cc1. The molecule has 146 valence electrons. The van der Waals surface area contributed by atoms with Gasteiger partial charge in [0.25, 0.3) is 5.91 Å². The van der Waals surface area contributed by atoms with Crippen LogP contribution in [-0.2, 0) is 20.7 Å². The standard InChI is InChI=1S/C19H19N3O5S/c1-2-25-15-5-3-14(4-6-15)20-16(23)11-26-18(24)8-7-17-21-19(22-27-17)13-9-10-28-12-13/h3-6,9-10,12H,2,7-8,11H2,1H3,(H,20,23). The monoisotopic (exact) mass is 401 g/mol. The second kappa shape index (κ2) is 9.65. The molecule has 3 aromatic rings. The first-order chi connectivity index (χ1) is 13.6. The molecule has 0 aliphatic rings. The molecule has 0 radical (unpaired) electrons. The molecule has 0 unspecified atom stereocenters. The van der Waals surface area contributed by atoms with Crippen molar-refractivity contribution in [1.82, 2.24) is 10.1 Å². The minimum Gasteiger partial charge on any atom is -0.494 e. The lowest BCUT2D eigenvalue weighted by Gasteiger charge is -2.07. The van der Waals surface area contributed by atoms with Crippen LogP contribution in [-0.4, -0.2) is 35.2 Å². The fourth-order valence-electron chi connectivity index (χ4n) is 2.29. The Bertz CT molecular complexity index is 906. The summed E-state index contributed by atoms with van der Waals surface area (Å²) < 4.78 is 15.4. The third kappa shape index (κ3) is 5.65. The maximum absolute atomic E-state index is 11.9.